The minimum Gasteiger partial charge on any atom is -0.497 e. The second-order valence-corrected chi connectivity index (χ2v) is 8.04. The molecule has 1 atom stereocenters. The molecule has 2 aliphatic rings. The van der Waals surface area contributed by atoms with E-state index in [1.807, 2.05) is 36.4 Å². The lowest BCUT2D eigenvalue weighted by Gasteiger charge is -2.47. The van der Waals surface area contributed by atoms with E-state index in [9.17, 15) is 9.90 Å². The minimum atomic E-state index is -0.756. The van der Waals surface area contributed by atoms with Crippen molar-refractivity contribution >= 4 is 41.6 Å². The van der Waals surface area contributed by atoms with Crippen molar-refractivity contribution < 1.29 is 14.6 Å². The number of nitrogens with one attached hydrogen (secondary N) is 1. The van der Waals surface area contributed by atoms with E-state index in [2.05, 4.69) is 10.2 Å². The zero-order chi connectivity index (χ0) is 18.9. The molecular weight excluding hydrogens is 411 g/mol. The molecule has 2 saturated heterocycles. The molecule has 2 heterocycles. The highest BCUT2D eigenvalue weighted by molar-refractivity contribution is 5.86. The van der Waals surface area contributed by atoms with Crippen LogP contribution in [0.1, 0.15) is 37.3 Å². The fourth-order valence-electron chi connectivity index (χ4n) is 4.88. The standard InChI is InChI=1S/C22H28N2O3.2ClH/c1-27-19-6-5-16-13-18(4-3-17(16)14-19)20(21(25)26)24-12-2-7-22(15-24)8-10-23-11-9-22;;/h3-6,13-14,20,23H,2,7-12,15H2,1H3,(H,25,26);2*1H. The van der Waals surface area contributed by atoms with Crippen molar-refractivity contribution in [2.75, 3.05) is 33.3 Å². The lowest BCUT2D eigenvalue weighted by Crippen LogP contribution is -2.50. The molecule has 0 bridgehead atoms. The summed E-state index contributed by atoms with van der Waals surface area (Å²) in [7, 11) is 1.66. The van der Waals surface area contributed by atoms with Gasteiger partial charge in [-0.3, -0.25) is 9.69 Å². The Morgan fingerprint density at radius 1 is 1.10 bits per heavy atom. The van der Waals surface area contributed by atoms with Gasteiger partial charge in [0.05, 0.1) is 7.11 Å². The molecule has 160 valence electrons. The topological polar surface area (TPSA) is 61.8 Å². The number of benzene rings is 2. The minimum absolute atomic E-state index is 0. The Hall–Kier alpha value is -1.53. The summed E-state index contributed by atoms with van der Waals surface area (Å²) in [5.41, 5.74) is 1.15. The first-order valence-corrected chi connectivity index (χ1v) is 9.86. The quantitative estimate of drug-likeness (QED) is 0.742. The third kappa shape index (κ3) is 4.97. The van der Waals surface area contributed by atoms with Crippen molar-refractivity contribution in [1.82, 2.24) is 10.2 Å². The van der Waals surface area contributed by atoms with Gasteiger partial charge in [-0.25, -0.2) is 0 Å². The number of rotatable bonds is 4. The van der Waals surface area contributed by atoms with Crippen LogP contribution in [0.4, 0.5) is 0 Å². The average molecular weight is 441 g/mol. The summed E-state index contributed by atoms with van der Waals surface area (Å²) in [5, 5.41) is 15.6. The summed E-state index contributed by atoms with van der Waals surface area (Å²) in [4.78, 5) is 14.4. The molecule has 2 aromatic carbocycles. The van der Waals surface area contributed by atoms with E-state index in [0.717, 1.165) is 67.5 Å². The highest BCUT2D eigenvalue weighted by Crippen LogP contribution is 2.41. The van der Waals surface area contributed by atoms with E-state index in [1.165, 1.54) is 6.42 Å². The first kappa shape index (κ1) is 23.7. The highest BCUT2D eigenvalue weighted by atomic mass is 35.5. The van der Waals surface area contributed by atoms with Gasteiger partial charge in [0, 0.05) is 6.54 Å². The number of carbonyl (C=O) groups is 1. The van der Waals surface area contributed by atoms with Crippen molar-refractivity contribution in [2.24, 2.45) is 5.41 Å². The maximum absolute atomic E-state index is 12.2. The predicted octanol–water partition coefficient (Wildman–Crippen LogP) is 4.28. The number of fused-ring (bicyclic) bond motifs is 1. The number of halogens is 2. The number of ether oxygens (including phenoxy) is 1. The Kier molecular flexibility index (Phi) is 8.18. The van der Waals surface area contributed by atoms with E-state index in [1.54, 1.807) is 7.11 Å². The van der Waals surface area contributed by atoms with Gasteiger partial charge >= 0.3 is 5.97 Å². The molecule has 0 amide bonds. The molecule has 1 unspecified atom stereocenters. The maximum Gasteiger partial charge on any atom is 0.325 e. The molecule has 2 aromatic rings. The van der Waals surface area contributed by atoms with Crippen LogP contribution in [0, 0.1) is 5.41 Å². The van der Waals surface area contributed by atoms with Crippen LogP contribution in [0.25, 0.3) is 10.8 Å². The van der Waals surface area contributed by atoms with Gasteiger partial charge in [-0.15, -0.1) is 24.8 Å². The molecule has 7 heteroatoms. The Bertz CT molecular complexity index is 834. The Labute approximate surface area is 184 Å². The summed E-state index contributed by atoms with van der Waals surface area (Å²) in [6.45, 7) is 3.83. The third-order valence-corrected chi connectivity index (χ3v) is 6.34. The number of hydrogen-bond acceptors (Lipinski definition) is 4. The van der Waals surface area contributed by atoms with Gasteiger partial charge in [0.1, 0.15) is 11.8 Å². The van der Waals surface area contributed by atoms with Crippen LogP contribution in [0.5, 0.6) is 5.75 Å². The summed E-state index contributed by atoms with van der Waals surface area (Å²) >= 11 is 0. The van der Waals surface area contributed by atoms with Crippen LogP contribution < -0.4 is 10.1 Å². The van der Waals surface area contributed by atoms with Gasteiger partial charge in [0.2, 0.25) is 0 Å². The van der Waals surface area contributed by atoms with E-state index in [4.69, 9.17) is 4.74 Å². The maximum atomic E-state index is 12.2. The first-order valence-electron chi connectivity index (χ1n) is 9.86. The number of hydrogen-bond donors (Lipinski definition) is 2. The number of methoxy groups -OCH3 is 1. The molecule has 0 saturated carbocycles. The summed E-state index contributed by atoms with van der Waals surface area (Å²) in [6, 6.07) is 11.3. The van der Waals surface area contributed by atoms with Crippen molar-refractivity contribution in [3.8, 4) is 5.75 Å². The smallest absolute Gasteiger partial charge is 0.325 e. The van der Waals surface area contributed by atoms with Gasteiger partial charge in [0.15, 0.2) is 0 Å². The van der Waals surface area contributed by atoms with E-state index in [-0.39, 0.29) is 30.2 Å². The zero-order valence-corrected chi connectivity index (χ0v) is 18.4. The second-order valence-electron chi connectivity index (χ2n) is 8.04. The Morgan fingerprint density at radius 2 is 1.79 bits per heavy atom. The Balaban J connectivity index is 0.00000150. The summed E-state index contributed by atoms with van der Waals surface area (Å²) in [6.07, 6.45) is 4.59. The summed E-state index contributed by atoms with van der Waals surface area (Å²) in [5.74, 6) is 0.0581. The molecule has 0 radical (unpaired) electrons. The van der Waals surface area contributed by atoms with Gasteiger partial charge in [0.25, 0.3) is 0 Å². The van der Waals surface area contributed by atoms with Crippen molar-refractivity contribution in [3.63, 3.8) is 0 Å². The van der Waals surface area contributed by atoms with Crippen LogP contribution in [0.15, 0.2) is 36.4 Å². The monoisotopic (exact) mass is 440 g/mol. The van der Waals surface area contributed by atoms with Crippen molar-refractivity contribution in [1.29, 1.82) is 0 Å². The lowest BCUT2D eigenvalue weighted by atomic mass is 9.72. The largest absolute Gasteiger partial charge is 0.497 e. The molecule has 5 nitrogen and oxygen atoms in total. The molecule has 4 rings (SSSR count). The SMILES string of the molecule is COc1ccc2cc(C(C(=O)O)N3CCCC4(CCNCC4)C3)ccc2c1.Cl.Cl. The van der Waals surface area contributed by atoms with Gasteiger partial charge in [-0.05, 0) is 85.3 Å². The van der Waals surface area contributed by atoms with Crippen LogP contribution in [0.3, 0.4) is 0 Å². The first-order chi connectivity index (χ1) is 13.1. The fourth-order valence-corrected chi connectivity index (χ4v) is 4.88. The number of nitrogens with zero attached hydrogens (tertiary/aromatic N) is 1. The van der Waals surface area contributed by atoms with Crippen LogP contribution >= 0.6 is 24.8 Å². The number of piperidine rings is 2. The van der Waals surface area contributed by atoms with E-state index >= 15 is 0 Å². The lowest BCUT2D eigenvalue weighted by molar-refractivity contribution is -0.145. The van der Waals surface area contributed by atoms with Crippen LogP contribution in [0.2, 0.25) is 0 Å². The molecule has 2 N–H and O–H groups in total. The number of likely N-dealkylation sites (tertiary alicyclic amines) is 1. The molecule has 2 fully saturated rings. The molecule has 1 spiro atoms. The van der Waals surface area contributed by atoms with Gasteiger partial charge in [-0.2, -0.15) is 0 Å². The average Bonchev–Trinajstić information content (AvgIpc) is 2.68. The summed E-state index contributed by atoms with van der Waals surface area (Å²) < 4.78 is 5.29. The second kappa shape index (κ2) is 9.98. The molecule has 0 aromatic heterocycles. The third-order valence-electron chi connectivity index (χ3n) is 6.34. The number of carboxylic acid groups (broad SMARTS) is 1. The van der Waals surface area contributed by atoms with Gasteiger partial charge in [-0.1, -0.05) is 18.2 Å². The molecule has 0 aliphatic carbocycles. The number of aliphatic carboxylic acids is 1. The van der Waals surface area contributed by atoms with Crippen molar-refractivity contribution in [2.45, 2.75) is 31.7 Å². The van der Waals surface area contributed by atoms with Crippen LogP contribution in [-0.2, 0) is 4.79 Å². The van der Waals surface area contributed by atoms with E-state index < -0.39 is 12.0 Å². The number of carboxylic acids is 1. The molecule has 29 heavy (non-hydrogen) atoms. The van der Waals surface area contributed by atoms with E-state index in [0.29, 0.717) is 0 Å². The highest BCUT2D eigenvalue weighted by Gasteiger charge is 2.40. The fraction of sp³-hybridized carbons (Fsp3) is 0.500. The molecule has 2 aliphatic heterocycles. The van der Waals surface area contributed by atoms with Gasteiger partial charge < -0.3 is 15.2 Å². The molecular formula is C22H30Cl2N2O3. The van der Waals surface area contributed by atoms with Crippen LogP contribution in [-0.4, -0.2) is 49.3 Å². The predicted molar refractivity (Wildman–Crippen MR) is 121 cm³/mol. The van der Waals surface area contributed by atoms with Crippen molar-refractivity contribution in [3.05, 3.63) is 42.0 Å². The Morgan fingerprint density at radius 3 is 2.48 bits per heavy atom. The normalized spacial score (nSPS) is 19.8. The zero-order valence-electron chi connectivity index (χ0n) is 16.7.